The topological polar surface area (TPSA) is 66.8 Å². The summed E-state index contributed by atoms with van der Waals surface area (Å²) in [6.45, 7) is 4.56. The van der Waals surface area contributed by atoms with Gasteiger partial charge in [0, 0.05) is 5.56 Å². The highest BCUT2D eigenvalue weighted by Gasteiger charge is 2.35. The Kier molecular flexibility index (Phi) is 5.32. The second-order valence-electron chi connectivity index (χ2n) is 5.91. The van der Waals surface area contributed by atoms with Gasteiger partial charge in [0.15, 0.2) is 0 Å². The fourth-order valence-corrected chi connectivity index (χ4v) is 3.50. The van der Waals surface area contributed by atoms with E-state index in [1.807, 2.05) is 38.1 Å². The van der Waals surface area contributed by atoms with Gasteiger partial charge in [0.25, 0.3) is 11.1 Å². The van der Waals surface area contributed by atoms with Crippen LogP contribution < -0.4 is 4.74 Å². The average molecular weight is 369 g/mol. The first-order valence-electron chi connectivity index (χ1n) is 8.24. The Labute approximate surface area is 156 Å². The van der Waals surface area contributed by atoms with E-state index in [0.717, 1.165) is 22.9 Å². The lowest BCUT2D eigenvalue weighted by molar-refractivity contribution is -0.123. The largest absolute Gasteiger partial charge is 0.507 e. The van der Waals surface area contributed by atoms with Crippen molar-refractivity contribution in [3.63, 3.8) is 0 Å². The van der Waals surface area contributed by atoms with Gasteiger partial charge in [-0.05, 0) is 55.4 Å². The van der Waals surface area contributed by atoms with E-state index in [1.54, 1.807) is 12.1 Å². The summed E-state index contributed by atoms with van der Waals surface area (Å²) < 4.78 is 5.42. The Bertz CT molecular complexity index is 891. The molecule has 134 valence electrons. The number of benzene rings is 2. The Hall–Kier alpha value is -2.73. The molecule has 0 atom stereocenters. The van der Waals surface area contributed by atoms with Gasteiger partial charge in [-0.3, -0.25) is 14.5 Å². The molecule has 0 aromatic heterocycles. The molecule has 0 bridgehead atoms. The minimum atomic E-state index is -0.359. The van der Waals surface area contributed by atoms with Crippen LogP contribution in [0.3, 0.4) is 0 Å². The van der Waals surface area contributed by atoms with Crippen molar-refractivity contribution in [2.24, 2.45) is 0 Å². The van der Waals surface area contributed by atoms with Gasteiger partial charge in [0.05, 0.1) is 18.1 Å². The molecule has 0 aliphatic carbocycles. The third-order valence-corrected chi connectivity index (χ3v) is 4.80. The van der Waals surface area contributed by atoms with E-state index in [1.165, 1.54) is 17.0 Å². The van der Waals surface area contributed by atoms with E-state index in [2.05, 4.69) is 0 Å². The number of phenols is 1. The lowest BCUT2D eigenvalue weighted by Crippen LogP contribution is -2.27. The van der Waals surface area contributed by atoms with Crippen molar-refractivity contribution in [3.8, 4) is 11.5 Å². The zero-order chi connectivity index (χ0) is 18.7. The van der Waals surface area contributed by atoms with Crippen LogP contribution in [-0.4, -0.2) is 27.8 Å². The quantitative estimate of drug-likeness (QED) is 0.795. The number of imide groups is 1. The summed E-state index contributed by atoms with van der Waals surface area (Å²) in [4.78, 5) is 26.4. The predicted octanol–water partition coefficient (Wildman–Crippen LogP) is 4.34. The van der Waals surface area contributed by atoms with Gasteiger partial charge in [0.2, 0.25) is 0 Å². The summed E-state index contributed by atoms with van der Waals surface area (Å²) in [6.07, 6.45) is 1.53. The van der Waals surface area contributed by atoms with Gasteiger partial charge < -0.3 is 9.84 Å². The van der Waals surface area contributed by atoms with E-state index >= 15 is 0 Å². The van der Waals surface area contributed by atoms with Crippen molar-refractivity contribution < 1.29 is 19.4 Å². The van der Waals surface area contributed by atoms with Crippen molar-refractivity contribution in [2.75, 3.05) is 6.61 Å². The number of thioether (sulfide) groups is 1. The number of phenolic OH excluding ortho intramolecular Hbond substituents is 1. The number of carbonyl (C=O) groups excluding carboxylic acids is 2. The van der Waals surface area contributed by atoms with Crippen molar-refractivity contribution in [2.45, 2.75) is 20.4 Å². The maximum Gasteiger partial charge on any atom is 0.293 e. The molecule has 5 nitrogen and oxygen atoms in total. The van der Waals surface area contributed by atoms with Gasteiger partial charge in [-0.2, -0.15) is 0 Å². The summed E-state index contributed by atoms with van der Waals surface area (Å²) in [6, 6.07) is 12.5. The van der Waals surface area contributed by atoms with Crippen molar-refractivity contribution in [3.05, 3.63) is 64.1 Å². The van der Waals surface area contributed by atoms with Gasteiger partial charge >= 0.3 is 0 Å². The summed E-state index contributed by atoms with van der Waals surface area (Å²) in [7, 11) is 0. The molecule has 1 aliphatic heterocycles. The van der Waals surface area contributed by atoms with Crippen LogP contribution in [0.25, 0.3) is 6.08 Å². The maximum atomic E-state index is 12.6. The zero-order valence-electron chi connectivity index (χ0n) is 14.6. The molecule has 0 unspecified atom stereocenters. The smallest absolute Gasteiger partial charge is 0.293 e. The van der Waals surface area contributed by atoms with Crippen LogP contribution in [0.1, 0.15) is 23.6 Å². The van der Waals surface area contributed by atoms with E-state index < -0.39 is 0 Å². The molecule has 1 fully saturated rings. The number of hydrogen-bond acceptors (Lipinski definition) is 5. The summed E-state index contributed by atoms with van der Waals surface area (Å²) in [5.74, 6) is 0.261. The fourth-order valence-electron chi connectivity index (χ4n) is 2.68. The Balaban J connectivity index is 1.84. The van der Waals surface area contributed by atoms with Crippen LogP contribution in [-0.2, 0) is 11.3 Å². The van der Waals surface area contributed by atoms with Gasteiger partial charge in [-0.1, -0.05) is 29.8 Å². The number of aryl methyl sites for hydroxylation is 1. The van der Waals surface area contributed by atoms with Crippen LogP contribution in [0, 0.1) is 6.92 Å². The van der Waals surface area contributed by atoms with E-state index in [9.17, 15) is 14.7 Å². The number of nitrogens with zero attached hydrogens (tertiary/aromatic N) is 1. The molecule has 1 saturated heterocycles. The second kappa shape index (κ2) is 7.66. The minimum Gasteiger partial charge on any atom is -0.507 e. The molecule has 1 heterocycles. The summed E-state index contributed by atoms with van der Waals surface area (Å²) >= 11 is 0.875. The van der Waals surface area contributed by atoms with Crippen LogP contribution in [0.15, 0.2) is 47.4 Å². The first-order valence-corrected chi connectivity index (χ1v) is 9.06. The fraction of sp³-hybridized carbons (Fsp3) is 0.200. The normalized spacial score (nSPS) is 15.8. The minimum absolute atomic E-state index is 0.0268. The highest BCUT2D eigenvalue weighted by molar-refractivity contribution is 8.18. The first kappa shape index (κ1) is 18.1. The molecule has 2 aromatic rings. The third-order valence-electron chi connectivity index (χ3n) is 3.89. The van der Waals surface area contributed by atoms with Crippen molar-refractivity contribution in [1.29, 1.82) is 0 Å². The van der Waals surface area contributed by atoms with Gasteiger partial charge in [-0.25, -0.2) is 0 Å². The Morgan fingerprint density at radius 3 is 2.73 bits per heavy atom. The van der Waals surface area contributed by atoms with E-state index in [0.29, 0.717) is 17.9 Å². The number of aromatic hydroxyl groups is 1. The number of carbonyl (C=O) groups is 2. The lowest BCUT2D eigenvalue weighted by Gasteiger charge is -2.12. The third kappa shape index (κ3) is 3.91. The molecule has 2 amide bonds. The molecule has 1 N–H and O–H groups in total. The second-order valence-corrected chi connectivity index (χ2v) is 6.90. The lowest BCUT2D eigenvalue weighted by atomic mass is 10.1. The van der Waals surface area contributed by atoms with Crippen LogP contribution >= 0.6 is 11.8 Å². The van der Waals surface area contributed by atoms with Gasteiger partial charge in [-0.15, -0.1) is 0 Å². The number of rotatable bonds is 5. The predicted molar refractivity (Wildman–Crippen MR) is 102 cm³/mol. The molecule has 2 aromatic carbocycles. The first-order chi connectivity index (χ1) is 12.5. The Morgan fingerprint density at radius 1 is 1.19 bits per heavy atom. The molecule has 1 aliphatic rings. The number of amides is 2. The highest BCUT2D eigenvalue weighted by Crippen LogP contribution is 2.35. The van der Waals surface area contributed by atoms with Crippen LogP contribution in [0.5, 0.6) is 11.5 Å². The zero-order valence-corrected chi connectivity index (χ0v) is 15.4. The van der Waals surface area contributed by atoms with E-state index in [-0.39, 0.29) is 28.3 Å². The average Bonchev–Trinajstić information content (AvgIpc) is 2.86. The molecule has 6 heteroatoms. The molecular weight excluding hydrogens is 350 g/mol. The van der Waals surface area contributed by atoms with Crippen LogP contribution in [0.2, 0.25) is 0 Å². The summed E-state index contributed by atoms with van der Waals surface area (Å²) in [5.41, 5.74) is 2.41. The molecule has 0 spiro atoms. The van der Waals surface area contributed by atoms with Crippen LogP contribution in [0.4, 0.5) is 4.79 Å². The molecule has 0 radical (unpaired) electrons. The molecular formula is C20H19NO4S. The van der Waals surface area contributed by atoms with E-state index in [4.69, 9.17) is 4.74 Å². The summed E-state index contributed by atoms with van der Waals surface area (Å²) in [5, 5.41) is 9.71. The standard InChI is InChI=1S/C20H19NO4S/c1-3-25-16-7-8-17(22)15(10-16)11-18-19(23)21(20(24)26-18)12-14-6-4-5-13(2)9-14/h4-11,22H,3,12H2,1-2H3/b18-11-. The monoisotopic (exact) mass is 369 g/mol. The number of ether oxygens (including phenoxy) is 1. The highest BCUT2D eigenvalue weighted by atomic mass is 32.2. The molecule has 3 rings (SSSR count). The Morgan fingerprint density at radius 2 is 2.00 bits per heavy atom. The van der Waals surface area contributed by atoms with Crippen molar-refractivity contribution in [1.82, 2.24) is 4.90 Å². The number of hydrogen-bond donors (Lipinski definition) is 1. The SMILES string of the molecule is CCOc1ccc(O)c(/C=C2\SC(=O)N(Cc3cccc(C)c3)C2=O)c1. The molecule has 26 heavy (non-hydrogen) atoms. The maximum absolute atomic E-state index is 12.6. The van der Waals surface area contributed by atoms with Crippen molar-refractivity contribution >= 4 is 29.0 Å². The molecule has 0 saturated carbocycles. The van der Waals surface area contributed by atoms with Gasteiger partial charge in [0.1, 0.15) is 11.5 Å².